The molecule has 0 amide bonds. The lowest BCUT2D eigenvalue weighted by Gasteiger charge is -2.35. The Morgan fingerprint density at radius 1 is 0.424 bits per heavy atom. The molecule has 5 heteroatoms. The number of fused-ring (bicyclic) bond motifs is 19. The fraction of sp³-hybridized carbons (Fsp3) is 0. The molecule has 0 unspecified atom stereocenters. The van der Waals surface area contributed by atoms with Crippen molar-refractivity contribution < 1.29 is 0 Å². The van der Waals surface area contributed by atoms with E-state index in [1.165, 1.54) is 114 Å². The molecule has 0 atom stereocenters. The van der Waals surface area contributed by atoms with Gasteiger partial charge in [-0.2, -0.15) is 0 Å². The number of hydrogen-bond donors (Lipinski definition) is 0. The topological polar surface area (TPSA) is 35.6 Å². The average Bonchev–Trinajstić information content (AvgIpc) is 3.84. The van der Waals surface area contributed by atoms with Gasteiger partial charge in [-0.25, -0.2) is 4.98 Å². The van der Waals surface area contributed by atoms with Crippen molar-refractivity contribution in [3.05, 3.63) is 176 Å². The van der Waals surface area contributed by atoms with Gasteiger partial charge in [-0.15, -0.1) is 0 Å². The van der Waals surface area contributed by atoms with Crippen molar-refractivity contribution in [2.75, 3.05) is 0 Å². The maximum atomic E-state index is 5.35. The summed E-state index contributed by atoms with van der Waals surface area (Å²) in [4.78, 5) is 10.0. The molecule has 0 bridgehead atoms. The van der Waals surface area contributed by atoms with Gasteiger partial charge in [-0.3, -0.25) is 4.98 Å². The Kier molecular flexibility index (Phi) is 5.46. The summed E-state index contributed by atoms with van der Waals surface area (Å²) in [5.74, 6) is 0. The average molecular weight is 745 g/mol. The van der Waals surface area contributed by atoms with Gasteiger partial charge in [0.05, 0.1) is 44.5 Å². The number of pyridine rings is 2. The molecular weight excluding hydrogens is 715 g/mol. The third kappa shape index (κ3) is 3.64. The highest BCUT2D eigenvalue weighted by atomic mass is 15.0. The molecule has 9 aromatic carbocycles. The molecule has 4 aromatic heterocycles. The van der Waals surface area contributed by atoms with Crippen molar-refractivity contribution in [3.63, 3.8) is 0 Å². The summed E-state index contributed by atoms with van der Waals surface area (Å²) in [6.07, 6.45) is 1.84. The summed E-state index contributed by atoms with van der Waals surface area (Å²) in [6.45, 7) is -0.0348. The molecule has 4 nitrogen and oxygen atoms in total. The standard InChI is InChI=1S/C54H29BN4/c1-5-14-34-30(10-1)19-24-44-47(34)49-36-16-7-3-12-32(36)28-39-53(49)58(44)46-26-21-38(41-22-23-42-43(57-41)18-9-27-56-42)52-51(46)55(39)40-29-33-13-4-8-17-37(33)50-48-35-15-6-2-11-31(35)20-25-45(48)59(52)54(40)50/h1-29H. The third-order valence-corrected chi connectivity index (χ3v) is 13.6. The van der Waals surface area contributed by atoms with Gasteiger partial charge in [-0.05, 0) is 108 Å². The van der Waals surface area contributed by atoms with E-state index in [2.05, 4.69) is 178 Å². The van der Waals surface area contributed by atoms with Gasteiger partial charge >= 0.3 is 0 Å². The van der Waals surface area contributed by atoms with Crippen LogP contribution in [-0.4, -0.2) is 25.8 Å². The van der Waals surface area contributed by atoms with Gasteiger partial charge in [-0.1, -0.05) is 121 Å². The number of rotatable bonds is 1. The molecular formula is C54H29BN4. The number of benzene rings is 9. The summed E-state index contributed by atoms with van der Waals surface area (Å²) in [6, 6.07) is 63.2. The molecule has 15 rings (SSSR count). The molecule has 0 spiro atoms. The summed E-state index contributed by atoms with van der Waals surface area (Å²) in [7, 11) is 0. The predicted molar refractivity (Wildman–Crippen MR) is 248 cm³/mol. The summed E-state index contributed by atoms with van der Waals surface area (Å²) in [5, 5.41) is 15.4. The highest BCUT2D eigenvalue weighted by molar-refractivity contribution is 7.01. The number of nitrogens with zero attached hydrogens (tertiary/aromatic N) is 4. The molecule has 2 aliphatic heterocycles. The molecule has 13 aromatic rings. The van der Waals surface area contributed by atoms with Crippen LogP contribution in [0.3, 0.4) is 0 Å². The molecule has 0 saturated heterocycles. The third-order valence-electron chi connectivity index (χ3n) is 13.6. The van der Waals surface area contributed by atoms with Gasteiger partial charge in [0, 0.05) is 39.0 Å². The lowest BCUT2D eigenvalue weighted by atomic mass is 9.34. The van der Waals surface area contributed by atoms with Crippen LogP contribution in [0.1, 0.15) is 0 Å². The van der Waals surface area contributed by atoms with Crippen molar-refractivity contribution in [3.8, 4) is 22.6 Å². The Labute approximate surface area is 337 Å². The summed E-state index contributed by atoms with van der Waals surface area (Å²) < 4.78 is 5.21. The fourth-order valence-corrected chi connectivity index (χ4v) is 11.4. The second kappa shape index (κ2) is 10.6. The molecule has 0 saturated carbocycles. The first-order valence-electron chi connectivity index (χ1n) is 20.4. The van der Waals surface area contributed by atoms with Gasteiger partial charge in [0.15, 0.2) is 0 Å². The van der Waals surface area contributed by atoms with E-state index in [4.69, 9.17) is 4.98 Å². The van der Waals surface area contributed by atoms with Gasteiger partial charge in [0.25, 0.3) is 6.71 Å². The van der Waals surface area contributed by atoms with Gasteiger partial charge in [0.2, 0.25) is 0 Å². The Balaban J connectivity index is 1.23. The quantitative estimate of drug-likeness (QED) is 0.157. The van der Waals surface area contributed by atoms with Crippen molar-refractivity contribution >= 4 is 121 Å². The van der Waals surface area contributed by atoms with Gasteiger partial charge < -0.3 is 9.13 Å². The van der Waals surface area contributed by atoms with Crippen LogP contribution in [0.15, 0.2) is 176 Å². The zero-order valence-electron chi connectivity index (χ0n) is 31.6. The summed E-state index contributed by atoms with van der Waals surface area (Å²) in [5.41, 5.74) is 15.3. The van der Waals surface area contributed by atoms with Crippen LogP contribution in [0.2, 0.25) is 0 Å². The second-order valence-electron chi connectivity index (χ2n) is 16.4. The highest BCUT2D eigenvalue weighted by Crippen LogP contribution is 2.47. The minimum Gasteiger partial charge on any atom is -0.310 e. The second-order valence-corrected chi connectivity index (χ2v) is 16.4. The molecule has 59 heavy (non-hydrogen) atoms. The molecule has 0 fully saturated rings. The number of aromatic nitrogens is 4. The highest BCUT2D eigenvalue weighted by Gasteiger charge is 2.43. The molecule has 268 valence electrons. The predicted octanol–water partition coefficient (Wildman–Crippen LogP) is 11.2. The van der Waals surface area contributed by atoms with Crippen molar-refractivity contribution in [2.24, 2.45) is 0 Å². The van der Waals surface area contributed by atoms with Crippen LogP contribution in [0, 0.1) is 0 Å². The SMILES string of the molecule is c1ccc2c(c1)ccc1c2c2c3ccccc3cc3c2n1-c1ccc(-c2ccc4ncccc4n2)c2c1B3c1cc3ccccc3c3c4c5ccccc5ccc4n-2c13. The maximum absolute atomic E-state index is 5.35. The summed E-state index contributed by atoms with van der Waals surface area (Å²) >= 11 is 0. The minimum atomic E-state index is -0.0348. The van der Waals surface area contributed by atoms with E-state index >= 15 is 0 Å². The maximum Gasteiger partial charge on any atom is 0.252 e. The Morgan fingerprint density at radius 2 is 0.983 bits per heavy atom. The van der Waals surface area contributed by atoms with E-state index in [1.54, 1.807) is 0 Å². The monoisotopic (exact) mass is 744 g/mol. The van der Waals surface area contributed by atoms with Crippen LogP contribution < -0.4 is 16.4 Å². The van der Waals surface area contributed by atoms with E-state index < -0.39 is 0 Å². The van der Waals surface area contributed by atoms with Crippen LogP contribution in [-0.2, 0) is 0 Å². The first-order valence-corrected chi connectivity index (χ1v) is 20.4. The van der Waals surface area contributed by atoms with Crippen LogP contribution in [0.4, 0.5) is 0 Å². The Morgan fingerprint density at radius 3 is 1.63 bits per heavy atom. The van der Waals surface area contributed by atoms with Crippen molar-refractivity contribution in [1.82, 2.24) is 19.1 Å². The zero-order chi connectivity index (χ0) is 38.1. The van der Waals surface area contributed by atoms with E-state index in [1.807, 2.05) is 12.3 Å². The lowest BCUT2D eigenvalue weighted by Crippen LogP contribution is -2.59. The van der Waals surface area contributed by atoms with E-state index in [0.717, 1.165) is 22.3 Å². The minimum absolute atomic E-state index is 0.0348. The first kappa shape index (κ1) is 30.4. The zero-order valence-corrected chi connectivity index (χ0v) is 31.6. The van der Waals surface area contributed by atoms with Crippen LogP contribution in [0.5, 0.6) is 0 Å². The Hall–Kier alpha value is -7.76. The molecule has 0 aliphatic carbocycles. The molecule has 6 heterocycles. The van der Waals surface area contributed by atoms with Crippen LogP contribution >= 0.6 is 0 Å². The molecule has 0 radical (unpaired) electrons. The fourth-order valence-electron chi connectivity index (χ4n) is 11.4. The first-order chi connectivity index (χ1) is 29.3. The van der Waals surface area contributed by atoms with Crippen LogP contribution in [0.25, 0.3) is 120 Å². The molecule has 2 aliphatic rings. The smallest absolute Gasteiger partial charge is 0.252 e. The molecule has 0 N–H and O–H groups in total. The van der Waals surface area contributed by atoms with Crippen molar-refractivity contribution in [2.45, 2.75) is 0 Å². The normalized spacial score (nSPS) is 13.1. The largest absolute Gasteiger partial charge is 0.310 e. The van der Waals surface area contributed by atoms with E-state index in [9.17, 15) is 0 Å². The van der Waals surface area contributed by atoms with Crippen molar-refractivity contribution in [1.29, 1.82) is 0 Å². The van der Waals surface area contributed by atoms with Gasteiger partial charge in [0.1, 0.15) is 0 Å². The number of hydrogen-bond acceptors (Lipinski definition) is 2. The van der Waals surface area contributed by atoms with E-state index in [-0.39, 0.29) is 6.71 Å². The Bertz CT molecular complexity index is 4100. The van der Waals surface area contributed by atoms with E-state index in [0.29, 0.717) is 0 Å². The lowest BCUT2D eigenvalue weighted by molar-refractivity contribution is 1.14.